The van der Waals surface area contributed by atoms with Gasteiger partial charge in [-0.25, -0.2) is 0 Å². The maximum Gasteiger partial charge on any atom is 0.233 e. The number of amides is 1. The Kier molecular flexibility index (Phi) is 3.53. The van der Waals surface area contributed by atoms with Gasteiger partial charge in [0, 0.05) is 6.04 Å². The maximum atomic E-state index is 10.9. The molecule has 0 heterocycles. The average Bonchev–Trinajstić information content (AvgIpc) is 2.56. The summed E-state index contributed by atoms with van der Waals surface area (Å²) in [5.41, 5.74) is 5.21. The molecule has 0 radical (unpaired) electrons. The van der Waals surface area contributed by atoms with Gasteiger partial charge < -0.3 is 11.1 Å². The Morgan fingerprint density at radius 1 is 1.58 bits per heavy atom. The van der Waals surface area contributed by atoms with Crippen LogP contribution < -0.4 is 11.1 Å². The molecule has 70 valence electrons. The van der Waals surface area contributed by atoms with Gasteiger partial charge in [0.05, 0.1) is 6.54 Å². The fourth-order valence-electron chi connectivity index (χ4n) is 1.89. The maximum absolute atomic E-state index is 10.9. The first-order valence-electron chi connectivity index (χ1n) is 4.73. The molecule has 1 unspecified atom stereocenters. The largest absolute Gasteiger partial charge is 0.352 e. The van der Waals surface area contributed by atoms with E-state index in [9.17, 15) is 4.79 Å². The highest BCUT2D eigenvalue weighted by atomic mass is 16.1. The minimum Gasteiger partial charge on any atom is -0.352 e. The molecule has 0 aliphatic heterocycles. The third kappa shape index (κ3) is 2.48. The van der Waals surface area contributed by atoms with Gasteiger partial charge in [-0.2, -0.15) is 0 Å². The van der Waals surface area contributed by atoms with Gasteiger partial charge in [0.1, 0.15) is 0 Å². The Morgan fingerprint density at radius 2 is 2.17 bits per heavy atom. The van der Waals surface area contributed by atoms with E-state index in [2.05, 4.69) is 12.2 Å². The van der Waals surface area contributed by atoms with Crippen molar-refractivity contribution < 1.29 is 4.79 Å². The van der Waals surface area contributed by atoms with Gasteiger partial charge in [-0.3, -0.25) is 4.79 Å². The fourth-order valence-corrected chi connectivity index (χ4v) is 1.89. The number of rotatable bonds is 3. The zero-order valence-electron chi connectivity index (χ0n) is 7.68. The second-order valence-corrected chi connectivity index (χ2v) is 3.60. The van der Waals surface area contributed by atoms with Crippen LogP contribution in [0.1, 0.15) is 32.6 Å². The van der Waals surface area contributed by atoms with E-state index in [1.54, 1.807) is 0 Å². The van der Waals surface area contributed by atoms with E-state index in [0.29, 0.717) is 12.0 Å². The summed E-state index contributed by atoms with van der Waals surface area (Å²) in [7, 11) is 0. The van der Waals surface area contributed by atoms with Crippen LogP contribution in [0.3, 0.4) is 0 Å². The monoisotopic (exact) mass is 170 g/mol. The summed E-state index contributed by atoms with van der Waals surface area (Å²) in [5.74, 6) is 0.648. The van der Waals surface area contributed by atoms with E-state index < -0.39 is 0 Å². The van der Waals surface area contributed by atoms with Crippen molar-refractivity contribution in [3.8, 4) is 0 Å². The lowest BCUT2D eigenvalue weighted by Gasteiger charge is -2.19. The number of nitrogens with one attached hydrogen (secondary N) is 1. The standard InChI is InChI=1S/C9H18N2O/c1-7(11-9(12)6-10)8-4-2-3-5-8/h7-8H,2-6,10H2,1H3,(H,11,12). The molecule has 1 amide bonds. The van der Waals surface area contributed by atoms with Crippen molar-refractivity contribution in [3.05, 3.63) is 0 Å². The van der Waals surface area contributed by atoms with E-state index in [0.717, 1.165) is 0 Å². The summed E-state index contributed by atoms with van der Waals surface area (Å²) < 4.78 is 0. The predicted octanol–water partition coefficient (Wildman–Crippen LogP) is 0.640. The molecule has 0 saturated heterocycles. The van der Waals surface area contributed by atoms with Crippen molar-refractivity contribution in [1.29, 1.82) is 0 Å². The van der Waals surface area contributed by atoms with Gasteiger partial charge in [0.15, 0.2) is 0 Å². The Labute approximate surface area is 73.7 Å². The molecule has 1 atom stereocenters. The Bertz CT molecular complexity index is 153. The number of hydrogen-bond donors (Lipinski definition) is 2. The molecule has 1 fully saturated rings. The first kappa shape index (κ1) is 9.52. The van der Waals surface area contributed by atoms with E-state index in [-0.39, 0.29) is 12.5 Å². The Hall–Kier alpha value is -0.570. The van der Waals surface area contributed by atoms with Gasteiger partial charge in [0.2, 0.25) is 5.91 Å². The molecular weight excluding hydrogens is 152 g/mol. The normalized spacial score (nSPS) is 20.8. The molecular formula is C9H18N2O. The molecule has 0 spiro atoms. The quantitative estimate of drug-likeness (QED) is 0.653. The topological polar surface area (TPSA) is 55.1 Å². The second kappa shape index (κ2) is 4.45. The first-order valence-corrected chi connectivity index (χ1v) is 4.73. The SMILES string of the molecule is CC(NC(=O)CN)C1CCCC1. The van der Waals surface area contributed by atoms with Crippen LogP contribution >= 0.6 is 0 Å². The lowest BCUT2D eigenvalue weighted by Crippen LogP contribution is -2.40. The molecule has 0 aromatic rings. The summed E-state index contributed by atoms with van der Waals surface area (Å²) in [6.07, 6.45) is 5.14. The van der Waals surface area contributed by atoms with Crippen LogP contribution in [-0.2, 0) is 4.79 Å². The van der Waals surface area contributed by atoms with Gasteiger partial charge in [-0.15, -0.1) is 0 Å². The van der Waals surface area contributed by atoms with Crippen LogP contribution in [0.25, 0.3) is 0 Å². The summed E-state index contributed by atoms with van der Waals surface area (Å²) in [5, 5.41) is 2.91. The Balaban J connectivity index is 2.26. The molecule has 1 rings (SSSR count). The smallest absolute Gasteiger partial charge is 0.233 e. The zero-order valence-corrected chi connectivity index (χ0v) is 7.68. The molecule has 0 bridgehead atoms. The van der Waals surface area contributed by atoms with Crippen LogP contribution in [0.4, 0.5) is 0 Å². The van der Waals surface area contributed by atoms with Gasteiger partial charge in [-0.1, -0.05) is 12.8 Å². The van der Waals surface area contributed by atoms with Crippen LogP contribution in [-0.4, -0.2) is 18.5 Å². The van der Waals surface area contributed by atoms with E-state index in [4.69, 9.17) is 5.73 Å². The summed E-state index contributed by atoms with van der Waals surface area (Å²) in [6, 6.07) is 0.309. The molecule has 1 saturated carbocycles. The van der Waals surface area contributed by atoms with Crippen LogP contribution in [0.2, 0.25) is 0 Å². The third-order valence-corrected chi connectivity index (χ3v) is 2.68. The lowest BCUT2D eigenvalue weighted by atomic mass is 10.00. The average molecular weight is 170 g/mol. The highest BCUT2D eigenvalue weighted by Crippen LogP contribution is 2.27. The van der Waals surface area contributed by atoms with Crippen molar-refractivity contribution >= 4 is 5.91 Å². The summed E-state index contributed by atoms with van der Waals surface area (Å²) in [6.45, 7) is 2.18. The highest BCUT2D eigenvalue weighted by molar-refractivity contribution is 5.78. The van der Waals surface area contributed by atoms with E-state index in [1.807, 2.05) is 0 Å². The number of carbonyl (C=O) groups is 1. The van der Waals surface area contributed by atoms with Crippen LogP contribution in [0.5, 0.6) is 0 Å². The minimum atomic E-state index is -0.0330. The van der Waals surface area contributed by atoms with Crippen molar-refractivity contribution in [3.63, 3.8) is 0 Å². The van der Waals surface area contributed by atoms with E-state index >= 15 is 0 Å². The zero-order chi connectivity index (χ0) is 8.97. The lowest BCUT2D eigenvalue weighted by molar-refractivity contribution is -0.120. The van der Waals surface area contributed by atoms with Gasteiger partial charge in [-0.05, 0) is 25.7 Å². The highest BCUT2D eigenvalue weighted by Gasteiger charge is 2.21. The fraction of sp³-hybridized carbons (Fsp3) is 0.889. The van der Waals surface area contributed by atoms with Crippen molar-refractivity contribution in [1.82, 2.24) is 5.32 Å². The molecule has 1 aliphatic carbocycles. The van der Waals surface area contributed by atoms with Crippen molar-refractivity contribution in [2.45, 2.75) is 38.6 Å². The number of carbonyl (C=O) groups excluding carboxylic acids is 1. The summed E-state index contributed by atoms with van der Waals surface area (Å²) in [4.78, 5) is 10.9. The van der Waals surface area contributed by atoms with Crippen LogP contribution in [0, 0.1) is 5.92 Å². The molecule has 1 aliphatic rings. The first-order chi connectivity index (χ1) is 5.74. The molecule has 12 heavy (non-hydrogen) atoms. The molecule has 3 nitrogen and oxygen atoms in total. The predicted molar refractivity (Wildman–Crippen MR) is 48.6 cm³/mol. The molecule has 3 N–H and O–H groups in total. The van der Waals surface area contributed by atoms with E-state index in [1.165, 1.54) is 25.7 Å². The molecule has 0 aromatic carbocycles. The molecule has 0 aromatic heterocycles. The van der Waals surface area contributed by atoms with Gasteiger partial charge in [0.25, 0.3) is 0 Å². The second-order valence-electron chi connectivity index (χ2n) is 3.60. The number of nitrogens with two attached hydrogens (primary N) is 1. The van der Waals surface area contributed by atoms with Crippen molar-refractivity contribution in [2.24, 2.45) is 11.7 Å². The number of hydrogen-bond acceptors (Lipinski definition) is 2. The minimum absolute atomic E-state index is 0.0330. The van der Waals surface area contributed by atoms with Crippen molar-refractivity contribution in [2.75, 3.05) is 6.54 Å². The Morgan fingerprint density at radius 3 is 2.67 bits per heavy atom. The van der Waals surface area contributed by atoms with Crippen LogP contribution in [0.15, 0.2) is 0 Å². The molecule has 3 heteroatoms. The summed E-state index contributed by atoms with van der Waals surface area (Å²) >= 11 is 0. The third-order valence-electron chi connectivity index (χ3n) is 2.68. The van der Waals surface area contributed by atoms with Gasteiger partial charge >= 0.3 is 0 Å².